The minimum Gasteiger partial charge on any atom is -0.360 e. The molecule has 0 radical (unpaired) electrons. The average Bonchev–Trinajstić information content (AvgIpc) is 2.98. The first-order valence-electron chi connectivity index (χ1n) is 8.39. The monoisotopic (exact) mass is 431 g/mol. The van der Waals surface area contributed by atoms with E-state index in [-0.39, 0.29) is 28.1 Å². The van der Waals surface area contributed by atoms with Crippen LogP contribution in [0, 0.1) is 19.8 Å². The van der Waals surface area contributed by atoms with Gasteiger partial charge in [-0.25, -0.2) is 8.42 Å². The Bertz CT molecular complexity index is 955. The maximum atomic E-state index is 13.0. The Morgan fingerprint density at radius 3 is 2.74 bits per heavy atom. The quantitative estimate of drug-likeness (QED) is 0.797. The first kappa shape index (κ1) is 20.1. The van der Waals surface area contributed by atoms with Crippen LogP contribution in [0.5, 0.6) is 0 Å². The van der Waals surface area contributed by atoms with Crippen LogP contribution >= 0.6 is 23.2 Å². The fraction of sp³-hybridized carbons (Fsp3) is 0.412. The van der Waals surface area contributed by atoms with Crippen LogP contribution in [0.2, 0.25) is 10.0 Å². The number of carbonyl (C=O) groups is 1. The highest BCUT2D eigenvalue weighted by molar-refractivity contribution is 7.89. The van der Waals surface area contributed by atoms with Gasteiger partial charge in [0.25, 0.3) is 0 Å². The molecule has 3 rings (SSSR count). The molecule has 1 aromatic heterocycles. The molecule has 0 bridgehead atoms. The van der Waals surface area contributed by atoms with Crippen LogP contribution in [0.3, 0.4) is 0 Å². The van der Waals surface area contributed by atoms with Gasteiger partial charge in [0.2, 0.25) is 15.9 Å². The minimum atomic E-state index is -3.78. The molecule has 10 heteroatoms. The lowest BCUT2D eigenvalue weighted by molar-refractivity contribution is -0.120. The molecule has 0 aliphatic carbocycles. The summed E-state index contributed by atoms with van der Waals surface area (Å²) in [6, 6.07) is 4.95. The van der Waals surface area contributed by atoms with Gasteiger partial charge >= 0.3 is 0 Å². The number of piperidine rings is 1. The van der Waals surface area contributed by atoms with Crippen molar-refractivity contribution in [1.29, 1.82) is 0 Å². The van der Waals surface area contributed by atoms with E-state index in [0.29, 0.717) is 35.8 Å². The summed E-state index contributed by atoms with van der Waals surface area (Å²) >= 11 is 12.1. The molecule has 0 saturated carbocycles. The van der Waals surface area contributed by atoms with Crippen LogP contribution in [-0.4, -0.2) is 36.9 Å². The summed E-state index contributed by atoms with van der Waals surface area (Å²) in [5, 5.41) is 7.05. The van der Waals surface area contributed by atoms with Crippen LogP contribution in [0.15, 0.2) is 27.6 Å². The van der Waals surface area contributed by atoms with Crippen molar-refractivity contribution in [3.05, 3.63) is 39.7 Å². The smallest absolute Gasteiger partial charge is 0.248 e. The summed E-state index contributed by atoms with van der Waals surface area (Å²) in [6.45, 7) is 3.56. The van der Waals surface area contributed by atoms with E-state index in [0.717, 1.165) is 0 Å². The Kier molecular flexibility index (Phi) is 5.81. The number of benzene rings is 1. The maximum absolute atomic E-state index is 13.0. The summed E-state index contributed by atoms with van der Waals surface area (Å²) in [5.41, 5.74) is 0.713. The Hall–Kier alpha value is -1.61. The van der Waals surface area contributed by atoms with Crippen molar-refractivity contribution < 1.29 is 17.7 Å². The van der Waals surface area contributed by atoms with E-state index in [4.69, 9.17) is 27.7 Å². The summed E-state index contributed by atoms with van der Waals surface area (Å²) in [5.74, 6) is -0.549. The zero-order chi connectivity index (χ0) is 19.8. The van der Waals surface area contributed by atoms with E-state index in [1.807, 2.05) is 0 Å². The standard InChI is InChI=1S/C17H19Cl2N3O4S/c1-10-16(11(2)26-21-10)27(24,25)22-8-4-5-12(9-22)17(23)20-14-7-3-6-13(18)15(14)19/h3,6-7,12H,4-5,8-9H2,1-2H3,(H,20,23). The second kappa shape index (κ2) is 7.79. The molecule has 146 valence electrons. The molecule has 1 atom stereocenters. The molecular formula is C17H19Cl2N3O4S. The van der Waals surface area contributed by atoms with Crippen LogP contribution in [0.1, 0.15) is 24.3 Å². The van der Waals surface area contributed by atoms with Gasteiger partial charge in [-0.1, -0.05) is 34.4 Å². The van der Waals surface area contributed by atoms with Gasteiger partial charge < -0.3 is 9.84 Å². The molecule has 1 aromatic carbocycles. The predicted molar refractivity (Wildman–Crippen MR) is 103 cm³/mol. The van der Waals surface area contributed by atoms with Gasteiger partial charge in [0.15, 0.2) is 5.76 Å². The van der Waals surface area contributed by atoms with Crippen molar-refractivity contribution in [2.24, 2.45) is 5.92 Å². The number of hydrogen-bond donors (Lipinski definition) is 1. The summed E-state index contributed by atoms with van der Waals surface area (Å²) in [7, 11) is -3.78. The largest absolute Gasteiger partial charge is 0.360 e. The highest BCUT2D eigenvalue weighted by Crippen LogP contribution is 2.31. The minimum absolute atomic E-state index is 0.0708. The van der Waals surface area contributed by atoms with Crippen molar-refractivity contribution in [2.45, 2.75) is 31.6 Å². The topological polar surface area (TPSA) is 92.5 Å². The van der Waals surface area contributed by atoms with Gasteiger partial charge in [-0.15, -0.1) is 0 Å². The molecule has 1 saturated heterocycles. The Labute approximate surface area is 167 Å². The molecule has 0 spiro atoms. The molecule has 1 N–H and O–H groups in total. The van der Waals surface area contributed by atoms with Crippen molar-refractivity contribution in [3.8, 4) is 0 Å². The van der Waals surface area contributed by atoms with Gasteiger partial charge in [0.1, 0.15) is 10.6 Å². The predicted octanol–water partition coefficient (Wildman–Crippen LogP) is 3.64. The Morgan fingerprint density at radius 2 is 2.07 bits per heavy atom. The number of rotatable bonds is 4. The lowest BCUT2D eigenvalue weighted by Crippen LogP contribution is -2.43. The number of carbonyl (C=O) groups excluding carboxylic acids is 1. The average molecular weight is 432 g/mol. The Morgan fingerprint density at radius 1 is 1.33 bits per heavy atom. The molecule has 1 aliphatic heterocycles. The zero-order valence-electron chi connectivity index (χ0n) is 14.8. The van der Waals surface area contributed by atoms with E-state index >= 15 is 0 Å². The fourth-order valence-corrected chi connectivity index (χ4v) is 5.34. The van der Waals surface area contributed by atoms with E-state index in [1.54, 1.807) is 32.0 Å². The number of anilines is 1. The second-order valence-corrected chi connectivity index (χ2v) is 9.11. The molecule has 7 nitrogen and oxygen atoms in total. The van der Waals surface area contributed by atoms with E-state index in [2.05, 4.69) is 10.5 Å². The third kappa shape index (κ3) is 3.99. The maximum Gasteiger partial charge on any atom is 0.248 e. The molecule has 1 aliphatic rings. The van der Waals surface area contributed by atoms with E-state index in [1.165, 1.54) is 4.31 Å². The number of nitrogens with zero attached hydrogens (tertiary/aromatic N) is 2. The van der Waals surface area contributed by atoms with Gasteiger partial charge in [-0.2, -0.15) is 4.31 Å². The second-order valence-electron chi connectivity index (χ2n) is 6.45. The van der Waals surface area contributed by atoms with Gasteiger partial charge in [-0.3, -0.25) is 4.79 Å². The van der Waals surface area contributed by atoms with Crippen molar-refractivity contribution >= 4 is 44.8 Å². The molecule has 1 unspecified atom stereocenters. The summed E-state index contributed by atoms with van der Waals surface area (Å²) in [6.07, 6.45) is 1.15. The third-order valence-electron chi connectivity index (χ3n) is 4.53. The van der Waals surface area contributed by atoms with Crippen LogP contribution < -0.4 is 5.32 Å². The molecular weight excluding hydrogens is 413 g/mol. The van der Waals surface area contributed by atoms with Gasteiger partial charge in [0.05, 0.1) is 21.7 Å². The van der Waals surface area contributed by atoms with Gasteiger partial charge in [0, 0.05) is 13.1 Å². The molecule has 27 heavy (non-hydrogen) atoms. The molecule has 1 fully saturated rings. The van der Waals surface area contributed by atoms with E-state index < -0.39 is 15.9 Å². The van der Waals surface area contributed by atoms with Crippen molar-refractivity contribution in [1.82, 2.24) is 9.46 Å². The zero-order valence-corrected chi connectivity index (χ0v) is 17.2. The molecule has 2 heterocycles. The first-order valence-corrected chi connectivity index (χ1v) is 10.6. The lowest BCUT2D eigenvalue weighted by Gasteiger charge is -2.31. The molecule has 1 amide bonds. The number of nitrogens with one attached hydrogen (secondary N) is 1. The van der Waals surface area contributed by atoms with Crippen LogP contribution in [-0.2, 0) is 14.8 Å². The van der Waals surface area contributed by atoms with Crippen molar-refractivity contribution in [3.63, 3.8) is 0 Å². The fourth-order valence-electron chi connectivity index (χ4n) is 3.18. The number of sulfonamides is 1. The van der Waals surface area contributed by atoms with Crippen LogP contribution in [0.4, 0.5) is 5.69 Å². The molecule has 2 aromatic rings. The van der Waals surface area contributed by atoms with Crippen molar-refractivity contribution in [2.75, 3.05) is 18.4 Å². The summed E-state index contributed by atoms with van der Waals surface area (Å²) in [4.78, 5) is 12.7. The van der Waals surface area contributed by atoms with Crippen LogP contribution in [0.25, 0.3) is 0 Å². The number of aromatic nitrogens is 1. The normalized spacial score (nSPS) is 18.4. The summed E-state index contributed by atoms with van der Waals surface area (Å²) < 4.78 is 32.2. The number of aryl methyl sites for hydroxylation is 2. The first-order chi connectivity index (χ1) is 12.7. The van der Waals surface area contributed by atoms with Gasteiger partial charge in [-0.05, 0) is 38.8 Å². The third-order valence-corrected chi connectivity index (χ3v) is 7.46. The number of hydrogen-bond acceptors (Lipinski definition) is 5. The Balaban J connectivity index is 1.78. The highest BCUT2D eigenvalue weighted by atomic mass is 35.5. The SMILES string of the molecule is Cc1noc(C)c1S(=O)(=O)N1CCCC(C(=O)Nc2cccc(Cl)c2Cl)C1. The van der Waals surface area contributed by atoms with E-state index in [9.17, 15) is 13.2 Å². The highest BCUT2D eigenvalue weighted by Gasteiger charge is 2.36. The number of amides is 1. The number of halogens is 2. The lowest BCUT2D eigenvalue weighted by atomic mass is 9.99.